The Kier molecular flexibility index (Phi) is 6.54. The Balaban J connectivity index is 2.22. The number of nitrogens with zero attached hydrogens (tertiary/aromatic N) is 2. The number of nitrogens with one attached hydrogen (secondary N) is 1. The van der Waals surface area contributed by atoms with Gasteiger partial charge < -0.3 is 5.32 Å². The molecule has 1 atom stereocenters. The van der Waals surface area contributed by atoms with Gasteiger partial charge >= 0.3 is 0 Å². The molecule has 0 radical (unpaired) electrons. The van der Waals surface area contributed by atoms with Gasteiger partial charge in [-0.2, -0.15) is 10.5 Å². The summed E-state index contributed by atoms with van der Waals surface area (Å²) in [5, 5.41) is 22.8. The van der Waals surface area contributed by atoms with Gasteiger partial charge in [0.25, 0.3) is 0 Å². The molecule has 1 N–H and O–H groups in total. The average Bonchev–Trinajstić information content (AvgIpc) is 2.56. The van der Waals surface area contributed by atoms with Crippen LogP contribution in [0, 0.1) is 34.0 Å². The molecule has 2 aliphatic rings. The van der Waals surface area contributed by atoms with E-state index in [0.29, 0.717) is 10.6 Å². The summed E-state index contributed by atoms with van der Waals surface area (Å²) >= 11 is 1.58. The standard InChI is InChI=1S/C18H25N3OS/c1-2-3-4-8-11-23-17-15(13-20)18(9-6-5-7-10-18)14(12-19)16(22)21-17/h14H,2-11H2,1H3,(H,21,22). The van der Waals surface area contributed by atoms with Crippen molar-refractivity contribution < 1.29 is 4.79 Å². The van der Waals surface area contributed by atoms with Crippen LogP contribution in [-0.2, 0) is 4.79 Å². The van der Waals surface area contributed by atoms with Crippen LogP contribution in [0.25, 0.3) is 0 Å². The third-order valence-corrected chi connectivity index (χ3v) is 6.10. The molecule has 0 aromatic rings. The smallest absolute Gasteiger partial charge is 0.243 e. The van der Waals surface area contributed by atoms with Crippen LogP contribution in [0.1, 0.15) is 64.7 Å². The summed E-state index contributed by atoms with van der Waals surface area (Å²) in [6, 6.07) is 4.52. The number of thioether (sulfide) groups is 1. The molecule has 5 heteroatoms. The molecule has 0 aromatic carbocycles. The van der Waals surface area contributed by atoms with E-state index >= 15 is 0 Å². The van der Waals surface area contributed by atoms with Crippen LogP contribution in [0.15, 0.2) is 10.6 Å². The third kappa shape index (κ3) is 3.72. The van der Waals surface area contributed by atoms with E-state index in [4.69, 9.17) is 0 Å². The van der Waals surface area contributed by atoms with Crippen molar-refractivity contribution >= 4 is 17.7 Å². The predicted molar refractivity (Wildman–Crippen MR) is 92.0 cm³/mol. The summed E-state index contributed by atoms with van der Waals surface area (Å²) in [5.74, 6) is -0.0278. The van der Waals surface area contributed by atoms with Crippen molar-refractivity contribution in [1.82, 2.24) is 5.32 Å². The fourth-order valence-electron chi connectivity index (χ4n) is 3.74. The van der Waals surface area contributed by atoms with E-state index in [1.807, 2.05) is 0 Å². The molecular formula is C18H25N3OS. The average molecular weight is 331 g/mol. The zero-order valence-electron chi connectivity index (χ0n) is 13.9. The number of hydrogen-bond acceptors (Lipinski definition) is 4. The Morgan fingerprint density at radius 1 is 1.22 bits per heavy atom. The second-order valence-electron chi connectivity index (χ2n) is 6.49. The van der Waals surface area contributed by atoms with Crippen molar-refractivity contribution in [3.05, 3.63) is 10.6 Å². The van der Waals surface area contributed by atoms with Crippen LogP contribution in [0.3, 0.4) is 0 Å². The quantitative estimate of drug-likeness (QED) is 0.738. The Morgan fingerprint density at radius 2 is 1.96 bits per heavy atom. The van der Waals surface area contributed by atoms with E-state index in [9.17, 15) is 15.3 Å². The molecule has 1 spiro atoms. The maximum Gasteiger partial charge on any atom is 0.243 e. The first-order valence-electron chi connectivity index (χ1n) is 8.67. The van der Waals surface area contributed by atoms with Crippen LogP contribution in [0.5, 0.6) is 0 Å². The summed E-state index contributed by atoms with van der Waals surface area (Å²) in [6.45, 7) is 2.18. The van der Waals surface area contributed by atoms with E-state index < -0.39 is 11.3 Å². The Bertz CT molecular complexity index is 550. The molecule has 1 heterocycles. The largest absolute Gasteiger partial charge is 0.319 e. The molecule has 1 aliphatic carbocycles. The molecule has 1 aliphatic heterocycles. The molecule has 1 amide bonds. The zero-order chi connectivity index (χ0) is 16.7. The first-order chi connectivity index (χ1) is 11.2. The van der Waals surface area contributed by atoms with Crippen LogP contribution in [0.4, 0.5) is 0 Å². The minimum Gasteiger partial charge on any atom is -0.319 e. The Labute approximate surface area is 143 Å². The van der Waals surface area contributed by atoms with Crippen molar-refractivity contribution in [2.75, 3.05) is 5.75 Å². The fourth-order valence-corrected chi connectivity index (χ4v) is 4.86. The molecule has 1 unspecified atom stereocenters. The molecule has 2 rings (SSSR count). The molecular weight excluding hydrogens is 306 g/mol. The molecule has 0 aromatic heterocycles. The summed E-state index contributed by atoms with van der Waals surface area (Å²) in [5.41, 5.74) is 0.111. The molecule has 0 saturated heterocycles. The van der Waals surface area contributed by atoms with Crippen molar-refractivity contribution in [2.45, 2.75) is 64.7 Å². The van der Waals surface area contributed by atoms with E-state index in [1.54, 1.807) is 11.8 Å². The summed E-state index contributed by atoms with van der Waals surface area (Å²) in [6.07, 6.45) is 9.35. The first-order valence-corrected chi connectivity index (χ1v) is 9.66. The van der Waals surface area contributed by atoms with Gasteiger partial charge in [-0.3, -0.25) is 4.79 Å². The minimum atomic E-state index is -0.720. The second-order valence-corrected chi connectivity index (χ2v) is 7.60. The lowest BCUT2D eigenvalue weighted by atomic mass is 9.61. The lowest BCUT2D eigenvalue weighted by Crippen LogP contribution is -2.48. The first kappa shape index (κ1) is 17.9. The number of allylic oxidation sites excluding steroid dienone is 1. The molecule has 1 saturated carbocycles. The van der Waals surface area contributed by atoms with Crippen LogP contribution >= 0.6 is 11.8 Å². The van der Waals surface area contributed by atoms with Gasteiger partial charge in [-0.25, -0.2) is 0 Å². The normalized spacial score (nSPS) is 23.3. The zero-order valence-corrected chi connectivity index (χ0v) is 14.7. The second kappa shape index (κ2) is 8.41. The molecule has 0 bridgehead atoms. The van der Waals surface area contributed by atoms with E-state index in [-0.39, 0.29) is 5.91 Å². The highest BCUT2D eigenvalue weighted by Crippen LogP contribution is 2.51. The van der Waals surface area contributed by atoms with E-state index in [2.05, 4.69) is 24.4 Å². The van der Waals surface area contributed by atoms with Gasteiger partial charge in [0, 0.05) is 5.41 Å². The van der Waals surface area contributed by atoms with Crippen LogP contribution in [-0.4, -0.2) is 11.7 Å². The molecule has 23 heavy (non-hydrogen) atoms. The van der Waals surface area contributed by atoms with Gasteiger partial charge in [-0.05, 0) is 25.0 Å². The monoisotopic (exact) mass is 331 g/mol. The molecule has 124 valence electrons. The highest BCUT2D eigenvalue weighted by atomic mass is 32.2. The summed E-state index contributed by atoms with van der Waals surface area (Å²) in [4.78, 5) is 12.4. The summed E-state index contributed by atoms with van der Waals surface area (Å²) in [7, 11) is 0. The highest BCUT2D eigenvalue weighted by Gasteiger charge is 2.51. The summed E-state index contributed by atoms with van der Waals surface area (Å²) < 4.78 is 0. The number of unbranched alkanes of at least 4 members (excludes halogenated alkanes) is 3. The maximum absolute atomic E-state index is 12.4. The predicted octanol–water partition coefficient (Wildman–Crippen LogP) is 4.26. The van der Waals surface area contributed by atoms with Crippen LogP contribution < -0.4 is 5.32 Å². The number of carbonyl (C=O) groups excluding carboxylic acids is 1. The molecule has 4 nitrogen and oxygen atoms in total. The van der Waals surface area contributed by atoms with Crippen molar-refractivity contribution in [3.8, 4) is 12.1 Å². The SMILES string of the molecule is CCCCCCSC1=C(C#N)C2(CCCCC2)C(C#N)C(=O)N1. The third-order valence-electron chi connectivity index (χ3n) is 5.01. The number of rotatable bonds is 6. The Hall–Kier alpha value is -1.46. The fraction of sp³-hybridized carbons (Fsp3) is 0.722. The van der Waals surface area contributed by atoms with Crippen molar-refractivity contribution in [1.29, 1.82) is 10.5 Å². The lowest BCUT2D eigenvalue weighted by molar-refractivity contribution is -0.126. The number of amides is 1. The number of hydrogen-bond donors (Lipinski definition) is 1. The van der Waals surface area contributed by atoms with Gasteiger partial charge in [-0.15, -0.1) is 11.8 Å². The number of nitriles is 2. The maximum atomic E-state index is 12.4. The van der Waals surface area contributed by atoms with E-state index in [0.717, 1.165) is 44.3 Å². The highest BCUT2D eigenvalue weighted by molar-refractivity contribution is 8.03. The number of carbonyl (C=O) groups is 1. The van der Waals surface area contributed by atoms with E-state index in [1.165, 1.54) is 19.3 Å². The minimum absolute atomic E-state index is 0.218. The van der Waals surface area contributed by atoms with Gasteiger partial charge in [0.05, 0.1) is 22.7 Å². The topological polar surface area (TPSA) is 76.7 Å². The lowest BCUT2D eigenvalue weighted by Gasteiger charge is -2.43. The van der Waals surface area contributed by atoms with Crippen molar-refractivity contribution in [2.24, 2.45) is 11.3 Å². The van der Waals surface area contributed by atoms with Crippen LogP contribution in [0.2, 0.25) is 0 Å². The molecule has 1 fully saturated rings. The van der Waals surface area contributed by atoms with Gasteiger partial charge in [0.2, 0.25) is 5.91 Å². The van der Waals surface area contributed by atoms with Gasteiger partial charge in [0.1, 0.15) is 5.92 Å². The van der Waals surface area contributed by atoms with Gasteiger partial charge in [0.15, 0.2) is 0 Å². The Morgan fingerprint density at radius 3 is 2.57 bits per heavy atom. The van der Waals surface area contributed by atoms with Crippen molar-refractivity contribution in [3.63, 3.8) is 0 Å². The van der Waals surface area contributed by atoms with Gasteiger partial charge in [-0.1, -0.05) is 45.4 Å².